The van der Waals surface area contributed by atoms with Gasteiger partial charge in [0, 0.05) is 22.8 Å². The maximum atomic E-state index is 12.0. The Bertz CT molecular complexity index is 589. The van der Waals surface area contributed by atoms with E-state index in [1.54, 1.807) is 18.2 Å². The first-order chi connectivity index (χ1) is 8.37. The molecule has 0 aliphatic heterocycles. The minimum Gasteiger partial charge on any atom is -0.399 e. The quantitative estimate of drug-likeness (QED) is 0.720. The molecule has 1 heterocycles. The highest BCUT2D eigenvalue weighted by Crippen LogP contribution is 2.21. The third-order valence-corrected chi connectivity index (χ3v) is 2.40. The molecular weight excluding hydrogens is 247 g/mol. The fourth-order valence-corrected chi connectivity index (χ4v) is 1.61. The van der Waals surface area contributed by atoms with Gasteiger partial charge in [0.05, 0.1) is 5.56 Å². The summed E-state index contributed by atoms with van der Waals surface area (Å²) in [6, 6.07) is 4.77. The molecule has 0 atom stereocenters. The lowest BCUT2D eigenvalue weighted by atomic mass is 10.1. The second-order valence-electron chi connectivity index (χ2n) is 3.81. The molecule has 0 aliphatic rings. The molecule has 0 fully saturated rings. The summed E-state index contributed by atoms with van der Waals surface area (Å²) in [7, 11) is 0. The minimum absolute atomic E-state index is 0.161. The number of hydrogen-bond acceptors (Lipinski definition) is 2. The number of nitrogens with two attached hydrogens (primary N) is 1. The summed E-state index contributed by atoms with van der Waals surface area (Å²) in [5, 5.41) is 2.35. The van der Waals surface area contributed by atoms with Crippen molar-refractivity contribution < 1.29 is 18.0 Å². The highest BCUT2D eigenvalue weighted by Gasteiger charge is 2.28. The number of alkyl halides is 3. The van der Waals surface area contributed by atoms with Crippen LogP contribution < -0.4 is 11.1 Å². The third-order valence-electron chi connectivity index (χ3n) is 2.40. The van der Waals surface area contributed by atoms with Gasteiger partial charge in [0.1, 0.15) is 6.54 Å². The number of halogens is 3. The van der Waals surface area contributed by atoms with E-state index < -0.39 is 18.6 Å². The van der Waals surface area contributed by atoms with Gasteiger partial charge in [0.2, 0.25) is 0 Å². The number of benzene rings is 1. The van der Waals surface area contributed by atoms with E-state index in [0.29, 0.717) is 16.6 Å². The Morgan fingerprint density at radius 1 is 1.39 bits per heavy atom. The molecule has 1 aromatic carbocycles. The normalized spacial score (nSPS) is 11.7. The molecular formula is C11H10F3N3O. The Morgan fingerprint density at radius 2 is 2.11 bits per heavy atom. The molecule has 96 valence electrons. The number of carbonyl (C=O) groups excluding carboxylic acids is 1. The first kappa shape index (κ1) is 12.3. The van der Waals surface area contributed by atoms with E-state index in [-0.39, 0.29) is 5.56 Å². The summed E-state index contributed by atoms with van der Waals surface area (Å²) in [6.07, 6.45) is -3.07. The van der Waals surface area contributed by atoms with Crippen LogP contribution in [-0.4, -0.2) is 23.6 Å². The van der Waals surface area contributed by atoms with Gasteiger partial charge in [-0.05, 0) is 18.2 Å². The first-order valence-corrected chi connectivity index (χ1v) is 5.08. The SMILES string of the molecule is Nc1ccc2c(C(=O)NCC(F)(F)F)c[nH]c2c1. The zero-order valence-electron chi connectivity index (χ0n) is 9.14. The van der Waals surface area contributed by atoms with Crippen LogP contribution in [0.3, 0.4) is 0 Å². The number of aromatic amines is 1. The molecule has 7 heteroatoms. The largest absolute Gasteiger partial charge is 0.405 e. The van der Waals surface area contributed by atoms with E-state index in [9.17, 15) is 18.0 Å². The lowest BCUT2D eigenvalue weighted by molar-refractivity contribution is -0.123. The van der Waals surface area contributed by atoms with E-state index in [0.717, 1.165) is 0 Å². The van der Waals surface area contributed by atoms with Crippen molar-refractivity contribution in [2.45, 2.75) is 6.18 Å². The van der Waals surface area contributed by atoms with Gasteiger partial charge < -0.3 is 16.0 Å². The summed E-state index contributed by atoms with van der Waals surface area (Å²) < 4.78 is 36.0. The van der Waals surface area contributed by atoms with Gasteiger partial charge in [0.25, 0.3) is 5.91 Å². The second-order valence-corrected chi connectivity index (χ2v) is 3.81. The van der Waals surface area contributed by atoms with Crippen LogP contribution in [0.15, 0.2) is 24.4 Å². The van der Waals surface area contributed by atoms with Crippen LogP contribution in [0.1, 0.15) is 10.4 Å². The Labute approximate surface area is 100.0 Å². The Morgan fingerprint density at radius 3 is 2.78 bits per heavy atom. The van der Waals surface area contributed by atoms with Crippen molar-refractivity contribution in [3.05, 3.63) is 30.0 Å². The van der Waals surface area contributed by atoms with Crippen LogP contribution in [0.4, 0.5) is 18.9 Å². The summed E-state index contributed by atoms with van der Waals surface area (Å²) in [5.74, 6) is -0.775. The molecule has 1 aromatic heterocycles. The molecule has 0 saturated carbocycles. The number of aromatic nitrogens is 1. The average Bonchev–Trinajstić information content (AvgIpc) is 2.67. The molecule has 0 spiro atoms. The number of anilines is 1. The fourth-order valence-electron chi connectivity index (χ4n) is 1.61. The van der Waals surface area contributed by atoms with Crippen LogP contribution in [0.2, 0.25) is 0 Å². The van der Waals surface area contributed by atoms with Crippen molar-refractivity contribution in [3.63, 3.8) is 0 Å². The first-order valence-electron chi connectivity index (χ1n) is 5.08. The highest BCUT2D eigenvalue weighted by atomic mass is 19.4. The summed E-state index contributed by atoms with van der Waals surface area (Å²) in [6.45, 7) is -1.35. The molecule has 0 radical (unpaired) electrons. The molecule has 2 rings (SSSR count). The molecule has 0 saturated heterocycles. The fraction of sp³-hybridized carbons (Fsp3) is 0.182. The van der Waals surface area contributed by atoms with Gasteiger partial charge in [-0.2, -0.15) is 13.2 Å². The van der Waals surface area contributed by atoms with Crippen molar-refractivity contribution in [2.75, 3.05) is 12.3 Å². The van der Waals surface area contributed by atoms with E-state index >= 15 is 0 Å². The Kier molecular flexibility index (Phi) is 2.90. The van der Waals surface area contributed by atoms with Crippen LogP contribution in [-0.2, 0) is 0 Å². The van der Waals surface area contributed by atoms with Crippen LogP contribution in [0.5, 0.6) is 0 Å². The van der Waals surface area contributed by atoms with Crippen molar-refractivity contribution in [2.24, 2.45) is 0 Å². The van der Waals surface area contributed by atoms with Crippen molar-refractivity contribution in [3.8, 4) is 0 Å². The smallest absolute Gasteiger partial charge is 0.399 e. The summed E-state index contributed by atoms with van der Waals surface area (Å²) >= 11 is 0. The monoisotopic (exact) mass is 257 g/mol. The van der Waals surface area contributed by atoms with Gasteiger partial charge in [-0.15, -0.1) is 0 Å². The number of fused-ring (bicyclic) bond motifs is 1. The second kappa shape index (κ2) is 4.25. The van der Waals surface area contributed by atoms with Gasteiger partial charge in [-0.25, -0.2) is 0 Å². The molecule has 0 unspecified atom stereocenters. The molecule has 0 aliphatic carbocycles. The predicted octanol–water partition coefficient (Wildman–Crippen LogP) is 2.04. The number of H-pyrrole nitrogens is 1. The molecule has 1 amide bonds. The number of nitrogens with one attached hydrogen (secondary N) is 2. The average molecular weight is 257 g/mol. The number of amides is 1. The third kappa shape index (κ3) is 2.55. The van der Waals surface area contributed by atoms with Gasteiger partial charge in [-0.1, -0.05) is 0 Å². The summed E-state index contributed by atoms with van der Waals surface area (Å²) in [4.78, 5) is 14.4. The highest BCUT2D eigenvalue weighted by molar-refractivity contribution is 6.07. The van der Waals surface area contributed by atoms with E-state index in [1.165, 1.54) is 6.20 Å². The maximum absolute atomic E-state index is 12.0. The van der Waals surface area contributed by atoms with Crippen molar-refractivity contribution in [1.82, 2.24) is 10.3 Å². The van der Waals surface area contributed by atoms with E-state index in [4.69, 9.17) is 5.73 Å². The molecule has 2 aromatic rings. The Hall–Kier alpha value is -2.18. The number of carbonyl (C=O) groups is 1. The standard InChI is InChI=1S/C11H10F3N3O/c12-11(13,14)5-17-10(18)8-4-16-9-3-6(15)1-2-7(8)9/h1-4,16H,5,15H2,(H,17,18). The summed E-state index contributed by atoms with van der Waals surface area (Å²) in [5.41, 5.74) is 6.83. The lowest BCUT2D eigenvalue weighted by Gasteiger charge is -2.07. The number of nitrogen functional groups attached to an aromatic ring is 1. The van der Waals surface area contributed by atoms with E-state index in [2.05, 4.69) is 4.98 Å². The minimum atomic E-state index is -4.42. The van der Waals surface area contributed by atoms with Crippen LogP contribution >= 0.6 is 0 Å². The topological polar surface area (TPSA) is 70.9 Å². The van der Waals surface area contributed by atoms with Gasteiger partial charge in [0.15, 0.2) is 0 Å². The molecule has 0 bridgehead atoms. The predicted molar refractivity (Wildman–Crippen MR) is 61.1 cm³/mol. The van der Waals surface area contributed by atoms with E-state index in [1.807, 2.05) is 5.32 Å². The zero-order chi connectivity index (χ0) is 13.3. The number of rotatable bonds is 2. The zero-order valence-corrected chi connectivity index (χ0v) is 9.14. The molecule has 4 N–H and O–H groups in total. The van der Waals surface area contributed by atoms with Gasteiger partial charge in [-0.3, -0.25) is 4.79 Å². The lowest BCUT2D eigenvalue weighted by Crippen LogP contribution is -2.33. The number of hydrogen-bond donors (Lipinski definition) is 3. The Balaban J connectivity index is 2.23. The van der Waals surface area contributed by atoms with Crippen molar-refractivity contribution in [1.29, 1.82) is 0 Å². The van der Waals surface area contributed by atoms with Crippen LogP contribution in [0, 0.1) is 0 Å². The van der Waals surface area contributed by atoms with Crippen molar-refractivity contribution >= 4 is 22.5 Å². The van der Waals surface area contributed by atoms with Gasteiger partial charge >= 0.3 is 6.18 Å². The maximum Gasteiger partial charge on any atom is 0.405 e. The molecule has 4 nitrogen and oxygen atoms in total. The molecule has 18 heavy (non-hydrogen) atoms. The van der Waals surface area contributed by atoms with Crippen LogP contribution in [0.25, 0.3) is 10.9 Å².